The van der Waals surface area contributed by atoms with Gasteiger partial charge in [-0.05, 0) is 38.1 Å². The van der Waals surface area contributed by atoms with Crippen LogP contribution in [0.25, 0.3) is 0 Å². The largest absolute Gasteiger partial charge is 0.496 e. The second-order valence-corrected chi connectivity index (χ2v) is 5.95. The molecular weight excluding hydrogens is 246 g/mol. The number of rotatable bonds is 7. The molecule has 0 radical (unpaired) electrons. The topological polar surface area (TPSA) is 38.3 Å². The smallest absolute Gasteiger partial charge is 0.123 e. The molecule has 4 heteroatoms. The lowest BCUT2D eigenvalue weighted by Gasteiger charge is -2.14. The first-order chi connectivity index (χ1) is 8.62. The maximum absolute atomic E-state index is 11.9. The summed E-state index contributed by atoms with van der Waals surface area (Å²) in [5.74, 6) is 2.14. The summed E-state index contributed by atoms with van der Waals surface area (Å²) in [6.45, 7) is 4.16. The minimum Gasteiger partial charge on any atom is -0.496 e. The van der Waals surface area contributed by atoms with Crippen LogP contribution in [0.2, 0.25) is 0 Å². The molecule has 0 saturated heterocycles. The van der Waals surface area contributed by atoms with Crippen LogP contribution in [0.15, 0.2) is 18.2 Å². The van der Waals surface area contributed by atoms with Gasteiger partial charge in [-0.1, -0.05) is 13.0 Å². The van der Waals surface area contributed by atoms with E-state index in [1.165, 1.54) is 5.56 Å². The van der Waals surface area contributed by atoms with Crippen LogP contribution in [0.4, 0.5) is 0 Å². The minimum absolute atomic E-state index is 0.286. The summed E-state index contributed by atoms with van der Waals surface area (Å²) in [5.41, 5.74) is 2.23. The number of benzene rings is 1. The van der Waals surface area contributed by atoms with Gasteiger partial charge in [-0.25, -0.2) is 0 Å². The Labute approximate surface area is 112 Å². The zero-order valence-corrected chi connectivity index (χ0v) is 12.5. The van der Waals surface area contributed by atoms with E-state index >= 15 is 0 Å². The van der Waals surface area contributed by atoms with Crippen molar-refractivity contribution in [1.29, 1.82) is 0 Å². The molecule has 1 aromatic rings. The zero-order chi connectivity index (χ0) is 13.5. The average Bonchev–Trinajstić information content (AvgIpc) is 2.38. The highest BCUT2D eigenvalue weighted by Gasteiger charge is 2.10. The van der Waals surface area contributed by atoms with Crippen LogP contribution in [0.5, 0.6) is 5.75 Å². The van der Waals surface area contributed by atoms with Gasteiger partial charge in [0.2, 0.25) is 0 Å². The van der Waals surface area contributed by atoms with Crippen molar-refractivity contribution in [2.24, 2.45) is 0 Å². The van der Waals surface area contributed by atoms with Crippen LogP contribution in [-0.4, -0.2) is 24.1 Å². The third kappa shape index (κ3) is 4.10. The number of hydrogen-bond donors (Lipinski definition) is 1. The van der Waals surface area contributed by atoms with Crippen LogP contribution < -0.4 is 10.1 Å². The third-order valence-corrected chi connectivity index (χ3v) is 4.48. The Kier molecular flexibility index (Phi) is 6.36. The fourth-order valence-corrected chi connectivity index (χ4v) is 2.99. The van der Waals surface area contributed by atoms with Gasteiger partial charge in [0.15, 0.2) is 0 Å². The molecule has 0 aliphatic rings. The lowest BCUT2D eigenvalue weighted by atomic mass is 10.1. The summed E-state index contributed by atoms with van der Waals surface area (Å²) in [6, 6.07) is 6.39. The molecule has 2 atom stereocenters. The second kappa shape index (κ2) is 7.54. The average molecular weight is 269 g/mol. The molecule has 3 nitrogen and oxygen atoms in total. The molecule has 0 heterocycles. The molecule has 0 saturated carbocycles. The van der Waals surface area contributed by atoms with E-state index in [9.17, 15) is 4.21 Å². The summed E-state index contributed by atoms with van der Waals surface area (Å²) < 4.78 is 17.2. The molecule has 0 fully saturated rings. The molecule has 0 bridgehead atoms. The number of nitrogens with one attached hydrogen (secondary N) is 1. The molecule has 1 N–H and O–H groups in total. The molecule has 102 valence electrons. The fraction of sp³-hybridized carbons (Fsp3) is 0.571. The fourth-order valence-electron chi connectivity index (χ4n) is 1.82. The highest BCUT2D eigenvalue weighted by Crippen LogP contribution is 2.24. The number of ether oxygens (including phenoxy) is 1. The Morgan fingerprint density at radius 2 is 2.17 bits per heavy atom. The molecule has 2 unspecified atom stereocenters. The van der Waals surface area contributed by atoms with Gasteiger partial charge in [-0.15, -0.1) is 0 Å². The van der Waals surface area contributed by atoms with Crippen molar-refractivity contribution in [3.8, 4) is 5.75 Å². The highest BCUT2D eigenvalue weighted by molar-refractivity contribution is 7.84. The monoisotopic (exact) mass is 269 g/mol. The van der Waals surface area contributed by atoms with E-state index in [0.717, 1.165) is 23.5 Å². The summed E-state index contributed by atoms with van der Waals surface area (Å²) in [5, 5.41) is 3.21. The van der Waals surface area contributed by atoms with Gasteiger partial charge in [0.1, 0.15) is 5.75 Å². The molecule has 0 spiro atoms. The lowest BCUT2D eigenvalue weighted by Crippen LogP contribution is -2.13. The Hall–Kier alpha value is -0.870. The first kappa shape index (κ1) is 15.2. The van der Waals surface area contributed by atoms with Gasteiger partial charge in [0.25, 0.3) is 0 Å². The third-order valence-electron chi connectivity index (χ3n) is 2.99. The number of methoxy groups -OCH3 is 1. The molecule has 1 aromatic carbocycles. The molecule has 0 aliphatic heterocycles. The van der Waals surface area contributed by atoms with E-state index < -0.39 is 10.8 Å². The maximum atomic E-state index is 11.9. The molecule has 1 rings (SSSR count). The van der Waals surface area contributed by atoms with E-state index in [1.54, 1.807) is 7.11 Å². The Morgan fingerprint density at radius 3 is 2.72 bits per heavy atom. The van der Waals surface area contributed by atoms with Crippen molar-refractivity contribution >= 4 is 10.8 Å². The van der Waals surface area contributed by atoms with Gasteiger partial charge in [0, 0.05) is 28.2 Å². The first-order valence-corrected chi connectivity index (χ1v) is 7.80. The van der Waals surface area contributed by atoms with E-state index in [-0.39, 0.29) is 6.04 Å². The molecule has 0 amide bonds. The van der Waals surface area contributed by atoms with Crippen molar-refractivity contribution < 1.29 is 8.95 Å². The van der Waals surface area contributed by atoms with Crippen LogP contribution in [0, 0.1) is 0 Å². The highest BCUT2D eigenvalue weighted by atomic mass is 32.2. The van der Waals surface area contributed by atoms with Crippen molar-refractivity contribution in [3.63, 3.8) is 0 Å². The van der Waals surface area contributed by atoms with Gasteiger partial charge in [0.05, 0.1) is 12.9 Å². The van der Waals surface area contributed by atoms with Crippen LogP contribution in [0.1, 0.15) is 37.4 Å². The minimum atomic E-state index is -0.807. The van der Waals surface area contributed by atoms with Crippen molar-refractivity contribution in [3.05, 3.63) is 29.3 Å². The second-order valence-electron chi connectivity index (χ2n) is 4.37. The zero-order valence-electron chi connectivity index (χ0n) is 11.7. The number of hydrogen-bond acceptors (Lipinski definition) is 3. The van der Waals surface area contributed by atoms with Gasteiger partial charge in [-0.2, -0.15) is 0 Å². The van der Waals surface area contributed by atoms with Crippen LogP contribution in [-0.2, 0) is 16.6 Å². The van der Waals surface area contributed by atoms with Crippen LogP contribution in [0.3, 0.4) is 0 Å². The van der Waals surface area contributed by atoms with E-state index in [2.05, 4.69) is 25.2 Å². The standard InChI is InChI=1S/C14H23NO2S/c1-5-8-18(16)10-13-9-12(11(2)15-3)6-7-14(13)17-4/h6-7,9,11,15H,5,8,10H2,1-4H3. The Morgan fingerprint density at radius 1 is 1.44 bits per heavy atom. The van der Waals surface area contributed by atoms with Gasteiger partial charge < -0.3 is 10.1 Å². The normalized spacial score (nSPS) is 14.2. The van der Waals surface area contributed by atoms with Crippen LogP contribution >= 0.6 is 0 Å². The Bertz CT molecular complexity index is 407. The quantitative estimate of drug-likeness (QED) is 0.827. The van der Waals surface area contributed by atoms with E-state index in [1.807, 2.05) is 19.2 Å². The van der Waals surface area contributed by atoms with E-state index in [4.69, 9.17) is 4.74 Å². The summed E-state index contributed by atoms with van der Waals surface area (Å²) in [4.78, 5) is 0. The predicted octanol–water partition coefficient (Wildman–Crippen LogP) is 2.63. The van der Waals surface area contributed by atoms with Gasteiger partial charge in [-0.3, -0.25) is 4.21 Å². The Balaban J connectivity index is 2.95. The van der Waals surface area contributed by atoms with Crippen molar-refractivity contribution in [2.75, 3.05) is 19.9 Å². The first-order valence-electron chi connectivity index (χ1n) is 6.31. The predicted molar refractivity (Wildman–Crippen MR) is 77.5 cm³/mol. The SMILES string of the molecule is CCCS(=O)Cc1cc(C(C)NC)ccc1OC. The lowest BCUT2D eigenvalue weighted by molar-refractivity contribution is 0.411. The molecule has 0 aromatic heterocycles. The van der Waals surface area contributed by atoms with Crippen molar-refractivity contribution in [2.45, 2.75) is 32.1 Å². The maximum Gasteiger partial charge on any atom is 0.123 e. The molecule has 0 aliphatic carbocycles. The summed E-state index contributed by atoms with van der Waals surface area (Å²) >= 11 is 0. The van der Waals surface area contributed by atoms with Crippen molar-refractivity contribution in [1.82, 2.24) is 5.32 Å². The molecular formula is C14H23NO2S. The summed E-state index contributed by atoms with van der Waals surface area (Å²) in [6.07, 6.45) is 0.946. The molecule has 18 heavy (non-hydrogen) atoms. The van der Waals surface area contributed by atoms with Gasteiger partial charge >= 0.3 is 0 Å². The van der Waals surface area contributed by atoms with E-state index in [0.29, 0.717) is 5.75 Å². The summed E-state index contributed by atoms with van der Waals surface area (Å²) in [7, 11) is 2.78.